The summed E-state index contributed by atoms with van der Waals surface area (Å²) >= 11 is 0. The van der Waals surface area contributed by atoms with Gasteiger partial charge in [0, 0.05) is 16.1 Å². The van der Waals surface area contributed by atoms with E-state index in [1.807, 2.05) is 0 Å². The lowest BCUT2D eigenvalue weighted by Gasteiger charge is -2.07. The maximum atomic E-state index is 12.2. The van der Waals surface area contributed by atoms with Crippen LogP contribution in [0.2, 0.25) is 0 Å². The number of rotatable bonds is 4. The second kappa shape index (κ2) is 5.67. The number of nitrogen functional groups attached to an aromatic ring is 1. The van der Waals surface area contributed by atoms with Crippen LogP contribution in [-0.4, -0.2) is 10.1 Å². The van der Waals surface area contributed by atoms with E-state index >= 15 is 0 Å². The Kier molecular flexibility index (Phi) is 3.97. The number of benzene rings is 2. The fourth-order valence-corrected chi connectivity index (χ4v) is 2.87. The number of nitrogens with two attached hydrogens (primary N) is 2. The van der Waals surface area contributed by atoms with E-state index in [2.05, 4.69) is 0 Å². The van der Waals surface area contributed by atoms with Gasteiger partial charge in [0.1, 0.15) is 0 Å². The first-order valence-corrected chi connectivity index (χ1v) is 7.01. The molecule has 2 rings (SSSR count). The molecule has 0 aromatic heterocycles. The molecule has 1 amide bonds. The van der Waals surface area contributed by atoms with E-state index in [0.717, 1.165) is 0 Å². The SMILES string of the molecule is NC(=O)c1ccccc1CS(=O)c1ccc(N)cc1. The van der Waals surface area contributed by atoms with Crippen molar-refractivity contribution in [2.45, 2.75) is 10.6 Å². The molecule has 0 aliphatic heterocycles. The zero-order chi connectivity index (χ0) is 13.8. The van der Waals surface area contributed by atoms with Crippen LogP contribution in [-0.2, 0) is 16.6 Å². The number of carbonyl (C=O) groups excluding carboxylic acids is 1. The Labute approximate surface area is 113 Å². The maximum Gasteiger partial charge on any atom is 0.249 e. The third-order valence-corrected chi connectivity index (χ3v) is 4.08. The van der Waals surface area contributed by atoms with Crippen LogP contribution in [0.25, 0.3) is 0 Å². The van der Waals surface area contributed by atoms with Crippen LogP contribution in [0.3, 0.4) is 0 Å². The molecule has 0 aliphatic rings. The standard InChI is InChI=1S/C14H14N2O2S/c15-11-5-7-12(8-6-11)19(18)9-10-3-1-2-4-13(10)14(16)17/h1-8H,9,15H2,(H2,16,17). The third-order valence-electron chi connectivity index (χ3n) is 2.71. The first-order valence-electron chi connectivity index (χ1n) is 5.69. The summed E-state index contributed by atoms with van der Waals surface area (Å²) in [6, 6.07) is 13.8. The Hall–Kier alpha value is -2.14. The van der Waals surface area contributed by atoms with Crippen molar-refractivity contribution in [2.75, 3.05) is 5.73 Å². The van der Waals surface area contributed by atoms with Crippen LogP contribution < -0.4 is 11.5 Å². The summed E-state index contributed by atoms with van der Waals surface area (Å²) in [4.78, 5) is 12.0. The number of hydrogen-bond acceptors (Lipinski definition) is 3. The van der Waals surface area contributed by atoms with Gasteiger partial charge in [-0.1, -0.05) is 18.2 Å². The van der Waals surface area contributed by atoms with Crippen molar-refractivity contribution in [3.63, 3.8) is 0 Å². The molecule has 0 saturated heterocycles. The van der Waals surface area contributed by atoms with Crippen LogP contribution in [0.1, 0.15) is 15.9 Å². The summed E-state index contributed by atoms with van der Waals surface area (Å²) in [7, 11) is -1.23. The van der Waals surface area contributed by atoms with Gasteiger partial charge in [0.25, 0.3) is 0 Å². The van der Waals surface area contributed by atoms with Gasteiger partial charge in [-0.3, -0.25) is 9.00 Å². The highest BCUT2D eigenvalue weighted by Gasteiger charge is 2.11. The molecule has 0 fully saturated rings. The minimum atomic E-state index is -1.23. The van der Waals surface area contributed by atoms with Crippen LogP contribution in [0.5, 0.6) is 0 Å². The van der Waals surface area contributed by atoms with E-state index in [1.165, 1.54) is 0 Å². The number of primary amides is 1. The Morgan fingerprint density at radius 2 is 1.68 bits per heavy atom. The molecule has 2 aromatic carbocycles. The van der Waals surface area contributed by atoms with Gasteiger partial charge in [0.15, 0.2) is 0 Å². The molecule has 2 aromatic rings. The molecule has 5 heteroatoms. The normalized spacial score (nSPS) is 12.0. The summed E-state index contributed by atoms with van der Waals surface area (Å²) in [5.41, 5.74) is 12.6. The molecule has 1 unspecified atom stereocenters. The second-order valence-electron chi connectivity index (χ2n) is 4.08. The molecular weight excluding hydrogens is 260 g/mol. The summed E-state index contributed by atoms with van der Waals surface area (Å²) in [6.45, 7) is 0. The summed E-state index contributed by atoms with van der Waals surface area (Å²) in [5, 5.41) is 0. The Balaban J connectivity index is 2.24. The number of anilines is 1. The van der Waals surface area contributed by atoms with Crippen molar-refractivity contribution in [1.82, 2.24) is 0 Å². The van der Waals surface area contributed by atoms with Gasteiger partial charge in [-0.25, -0.2) is 0 Å². The van der Waals surface area contributed by atoms with E-state index < -0.39 is 16.7 Å². The topological polar surface area (TPSA) is 86.2 Å². The van der Waals surface area contributed by atoms with E-state index in [4.69, 9.17) is 11.5 Å². The molecule has 19 heavy (non-hydrogen) atoms. The van der Waals surface area contributed by atoms with Crippen molar-refractivity contribution in [1.29, 1.82) is 0 Å². The Morgan fingerprint density at radius 3 is 2.32 bits per heavy atom. The maximum absolute atomic E-state index is 12.2. The highest BCUT2D eigenvalue weighted by Crippen LogP contribution is 2.16. The van der Waals surface area contributed by atoms with Gasteiger partial charge in [-0.05, 0) is 35.9 Å². The summed E-state index contributed by atoms with van der Waals surface area (Å²) in [6.07, 6.45) is 0. The van der Waals surface area contributed by atoms with Gasteiger partial charge in [-0.2, -0.15) is 0 Å². The number of hydrogen-bond donors (Lipinski definition) is 2. The molecule has 4 N–H and O–H groups in total. The lowest BCUT2D eigenvalue weighted by Crippen LogP contribution is -2.14. The van der Waals surface area contributed by atoms with Crippen LogP contribution >= 0.6 is 0 Å². The molecule has 0 bridgehead atoms. The monoisotopic (exact) mass is 274 g/mol. The van der Waals surface area contributed by atoms with Gasteiger partial charge >= 0.3 is 0 Å². The smallest absolute Gasteiger partial charge is 0.249 e. The first-order chi connectivity index (χ1) is 9.08. The molecule has 0 heterocycles. The van der Waals surface area contributed by atoms with Crippen molar-refractivity contribution in [2.24, 2.45) is 5.73 Å². The van der Waals surface area contributed by atoms with E-state index in [1.54, 1.807) is 48.5 Å². The fourth-order valence-electron chi connectivity index (χ4n) is 1.73. The van der Waals surface area contributed by atoms with E-state index in [0.29, 0.717) is 21.7 Å². The van der Waals surface area contributed by atoms with Crippen molar-refractivity contribution >= 4 is 22.4 Å². The molecule has 0 saturated carbocycles. The lowest BCUT2D eigenvalue weighted by molar-refractivity contribution is 0.0999. The second-order valence-corrected chi connectivity index (χ2v) is 5.53. The molecule has 0 aliphatic carbocycles. The van der Waals surface area contributed by atoms with Crippen molar-refractivity contribution in [3.05, 3.63) is 59.7 Å². The lowest BCUT2D eigenvalue weighted by atomic mass is 10.1. The van der Waals surface area contributed by atoms with Crippen molar-refractivity contribution < 1.29 is 9.00 Å². The first kappa shape index (κ1) is 13.3. The average molecular weight is 274 g/mol. The molecule has 1 atom stereocenters. The zero-order valence-corrected chi connectivity index (χ0v) is 11.0. The number of carbonyl (C=O) groups is 1. The third kappa shape index (κ3) is 3.20. The number of amides is 1. The fraction of sp³-hybridized carbons (Fsp3) is 0.0714. The van der Waals surface area contributed by atoms with E-state index in [-0.39, 0.29) is 5.75 Å². The predicted octanol–water partition coefficient (Wildman–Crippen LogP) is 1.68. The quantitative estimate of drug-likeness (QED) is 0.832. The molecule has 4 nitrogen and oxygen atoms in total. The minimum absolute atomic E-state index is 0.253. The molecular formula is C14H14N2O2S. The predicted molar refractivity (Wildman–Crippen MR) is 75.9 cm³/mol. The Bertz CT molecular complexity index is 624. The minimum Gasteiger partial charge on any atom is -0.399 e. The van der Waals surface area contributed by atoms with Gasteiger partial charge in [-0.15, -0.1) is 0 Å². The van der Waals surface area contributed by atoms with Gasteiger partial charge < -0.3 is 11.5 Å². The average Bonchev–Trinajstić information content (AvgIpc) is 2.39. The molecule has 0 spiro atoms. The van der Waals surface area contributed by atoms with E-state index in [9.17, 15) is 9.00 Å². The summed E-state index contributed by atoms with van der Waals surface area (Å²) in [5.74, 6) is -0.256. The van der Waals surface area contributed by atoms with Gasteiger partial charge in [0.2, 0.25) is 5.91 Å². The molecule has 0 radical (unpaired) electrons. The largest absolute Gasteiger partial charge is 0.399 e. The van der Waals surface area contributed by atoms with Crippen LogP contribution in [0.4, 0.5) is 5.69 Å². The Morgan fingerprint density at radius 1 is 1.05 bits per heavy atom. The van der Waals surface area contributed by atoms with Crippen LogP contribution in [0.15, 0.2) is 53.4 Å². The highest BCUT2D eigenvalue weighted by atomic mass is 32.2. The zero-order valence-electron chi connectivity index (χ0n) is 10.2. The highest BCUT2D eigenvalue weighted by molar-refractivity contribution is 7.84. The van der Waals surface area contributed by atoms with Crippen molar-refractivity contribution in [3.8, 4) is 0 Å². The summed E-state index contributed by atoms with van der Waals surface area (Å²) < 4.78 is 12.2. The van der Waals surface area contributed by atoms with Crippen LogP contribution in [0, 0.1) is 0 Å². The van der Waals surface area contributed by atoms with Gasteiger partial charge in [0.05, 0.1) is 16.6 Å². The molecule has 98 valence electrons.